The lowest BCUT2D eigenvalue weighted by molar-refractivity contribution is -0.144. The molecule has 1 rings (SSSR count). The highest BCUT2D eigenvalue weighted by molar-refractivity contribution is 5.75. The van der Waals surface area contributed by atoms with E-state index >= 15 is 0 Å². The predicted molar refractivity (Wildman–Crippen MR) is 47.7 cm³/mol. The molecule has 0 aliphatic heterocycles. The lowest BCUT2D eigenvalue weighted by atomic mass is 10.1. The fraction of sp³-hybridized carbons (Fsp3) is 0.700. The molecule has 0 amide bonds. The van der Waals surface area contributed by atoms with E-state index in [2.05, 4.69) is 6.58 Å². The van der Waals surface area contributed by atoms with Crippen molar-refractivity contribution in [3.63, 3.8) is 0 Å². The quantitative estimate of drug-likeness (QED) is 0.475. The molecule has 0 radical (unpaired) electrons. The molecule has 0 N–H and O–H groups in total. The van der Waals surface area contributed by atoms with Crippen LogP contribution in [0.2, 0.25) is 0 Å². The second kappa shape index (κ2) is 3.74. The van der Waals surface area contributed by atoms with Crippen LogP contribution < -0.4 is 0 Å². The van der Waals surface area contributed by atoms with Gasteiger partial charge in [0, 0.05) is 0 Å². The van der Waals surface area contributed by atoms with Crippen LogP contribution in [-0.4, -0.2) is 12.6 Å². The van der Waals surface area contributed by atoms with Crippen molar-refractivity contribution in [2.24, 2.45) is 11.8 Å². The Morgan fingerprint density at radius 2 is 2.17 bits per heavy atom. The summed E-state index contributed by atoms with van der Waals surface area (Å²) in [4.78, 5) is 11.1. The topological polar surface area (TPSA) is 26.3 Å². The van der Waals surface area contributed by atoms with E-state index in [4.69, 9.17) is 4.74 Å². The third-order valence-electron chi connectivity index (χ3n) is 2.13. The number of ether oxygens (including phenoxy) is 1. The Balaban J connectivity index is 2.15. The molecule has 2 nitrogen and oxygen atoms in total. The number of carbonyl (C=O) groups is 1. The Morgan fingerprint density at radius 3 is 2.58 bits per heavy atom. The molecule has 2 heteroatoms. The first kappa shape index (κ1) is 9.30. The molecule has 1 saturated carbocycles. The Hall–Kier alpha value is -0.790. The van der Waals surface area contributed by atoms with Gasteiger partial charge in [0.05, 0.1) is 5.92 Å². The van der Waals surface area contributed by atoms with Gasteiger partial charge in [-0.3, -0.25) is 4.79 Å². The monoisotopic (exact) mass is 168 g/mol. The van der Waals surface area contributed by atoms with Crippen molar-refractivity contribution in [3.8, 4) is 0 Å². The van der Waals surface area contributed by atoms with Gasteiger partial charge in [-0.1, -0.05) is 20.4 Å². The Labute approximate surface area is 73.6 Å². The van der Waals surface area contributed by atoms with Gasteiger partial charge in [0.1, 0.15) is 6.61 Å². The zero-order valence-electron chi connectivity index (χ0n) is 7.80. The summed E-state index contributed by atoms with van der Waals surface area (Å²) < 4.78 is 5.05. The van der Waals surface area contributed by atoms with Crippen LogP contribution in [0.1, 0.15) is 26.7 Å². The summed E-state index contributed by atoms with van der Waals surface area (Å²) in [6, 6.07) is 0. The largest absolute Gasteiger partial charge is 0.461 e. The number of esters is 1. The van der Waals surface area contributed by atoms with Crippen LogP contribution in [0, 0.1) is 11.8 Å². The molecule has 0 heterocycles. The molecular formula is C10H16O2. The minimum Gasteiger partial charge on any atom is -0.461 e. The molecule has 1 fully saturated rings. The summed E-state index contributed by atoms with van der Waals surface area (Å²) in [5.74, 6) is 0.554. The first-order valence-electron chi connectivity index (χ1n) is 4.45. The molecule has 0 aromatic carbocycles. The average Bonchev–Trinajstić information content (AvgIpc) is 2.81. The van der Waals surface area contributed by atoms with Gasteiger partial charge in [0.15, 0.2) is 0 Å². The number of hydrogen-bond donors (Lipinski definition) is 0. The first-order chi connectivity index (χ1) is 5.61. The van der Waals surface area contributed by atoms with Crippen LogP contribution in [0.25, 0.3) is 0 Å². The molecule has 68 valence electrons. The molecule has 0 bridgehead atoms. The van der Waals surface area contributed by atoms with Gasteiger partial charge in [-0.15, -0.1) is 0 Å². The van der Waals surface area contributed by atoms with Crippen LogP contribution in [0.15, 0.2) is 12.2 Å². The Kier molecular flexibility index (Phi) is 2.90. The van der Waals surface area contributed by atoms with E-state index in [0.29, 0.717) is 12.5 Å². The van der Waals surface area contributed by atoms with E-state index in [1.807, 2.05) is 13.8 Å². The van der Waals surface area contributed by atoms with E-state index in [-0.39, 0.29) is 11.9 Å². The number of rotatable bonds is 4. The molecule has 0 aromatic heterocycles. The normalized spacial score (nSPS) is 16.2. The van der Waals surface area contributed by atoms with Gasteiger partial charge in [0.25, 0.3) is 0 Å². The Bertz CT molecular complexity index is 176. The van der Waals surface area contributed by atoms with E-state index in [9.17, 15) is 4.79 Å². The van der Waals surface area contributed by atoms with Crippen molar-refractivity contribution in [1.82, 2.24) is 0 Å². The summed E-state index contributed by atoms with van der Waals surface area (Å²) in [5, 5.41) is 0. The third-order valence-corrected chi connectivity index (χ3v) is 2.13. The lowest BCUT2D eigenvalue weighted by Crippen LogP contribution is -2.10. The highest BCUT2D eigenvalue weighted by Crippen LogP contribution is 2.30. The maximum absolute atomic E-state index is 11.1. The maximum Gasteiger partial charge on any atom is 0.309 e. The minimum absolute atomic E-state index is 0.0446. The van der Waals surface area contributed by atoms with Gasteiger partial charge < -0.3 is 4.74 Å². The molecule has 0 spiro atoms. The molecule has 0 atom stereocenters. The maximum atomic E-state index is 11.1. The Morgan fingerprint density at radius 1 is 1.58 bits per heavy atom. The van der Waals surface area contributed by atoms with E-state index in [1.54, 1.807) is 0 Å². The summed E-state index contributed by atoms with van der Waals surface area (Å²) in [6.45, 7) is 8.32. The second-order valence-corrected chi connectivity index (χ2v) is 3.69. The van der Waals surface area contributed by atoms with Crippen LogP contribution in [0.4, 0.5) is 0 Å². The van der Waals surface area contributed by atoms with Crippen molar-refractivity contribution in [1.29, 1.82) is 0 Å². The molecule has 1 aliphatic carbocycles. The molecule has 0 aromatic rings. The minimum atomic E-state index is -0.0446. The zero-order chi connectivity index (χ0) is 9.14. The number of carbonyl (C=O) groups excluding carboxylic acids is 1. The van der Waals surface area contributed by atoms with Crippen LogP contribution >= 0.6 is 0 Å². The highest BCUT2D eigenvalue weighted by atomic mass is 16.5. The highest BCUT2D eigenvalue weighted by Gasteiger charge is 2.31. The molecule has 12 heavy (non-hydrogen) atoms. The van der Waals surface area contributed by atoms with E-state index in [1.165, 1.54) is 0 Å². The first-order valence-corrected chi connectivity index (χ1v) is 4.45. The SMILES string of the molecule is C=C(COC(=O)C1CC1)C(C)C. The summed E-state index contributed by atoms with van der Waals surface area (Å²) in [6.07, 6.45) is 2.01. The van der Waals surface area contributed by atoms with Gasteiger partial charge in [-0.05, 0) is 24.3 Å². The van der Waals surface area contributed by atoms with Gasteiger partial charge in [-0.2, -0.15) is 0 Å². The fourth-order valence-electron chi connectivity index (χ4n) is 0.767. The van der Waals surface area contributed by atoms with Crippen LogP contribution in [0.5, 0.6) is 0 Å². The van der Waals surface area contributed by atoms with Crippen molar-refractivity contribution < 1.29 is 9.53 Å². The molecule has 1 aliphatic rings. The fourth-order valence-corrected chi connectivity index (χ4v) is 0.767. The summed E-state index contributed by atoms with van der Waals surface area (Å²) in [5.41, 5.74) is 0.990. The van der Waals surface area contributed by atoms with Crippen LogP contribution in [-0.2, 0) is 9.53 Å². The summed E-state index contributed by atoms with van der Waals surface area (Å²) >= 11 is 0. The van der Waals surface area contributed by atoms with Crippen LogP contribution in [0.3, 0.4) is 0 Å². The van der Waals surface area contributed by atoms with Crippen molar-refractivity contribution in [2.45, 2.75) is 26.7 Å². The van der Waals surface area contributed by atoms with Crippen molar-refractivity contribution >= 4 is 5.97 Å². The molecule has 0 saturated heterocycles. The molecule has 0 unspecified atom stereocenters. The van der Waals surface area contributed by atoms with E-state index in [0.717, 1.165) is 18.4 Å². The van der Waals surface area contributed by atoms with E-state index < -0.39 is 0 Å². The zero-order valence-corrected chi connectivity index (χ0v) is 7.80. The third kappa shape index (κ3) is 2.68. The van der Waals surface area contributed by atoms with Crippen molar-refractivity contribution in [2.75, 3.05) is 6.61 Å². The second-order valence-electron chi connectivity index (χ2n) is 3.69. The standard InChI is InChI=1S/C10H16O2/c1-7(2)8(3)6-12-10(11)9-4-5-9/h7,9H,3-6H2,1-2H3. The van der Waals surface area contributed by atoms with Gasteiger partial charge in [0.2, 0.25) is 0 Å². The van der Waals surface area contributed by atoms with Gasteiger partial charge in [-0.25, -0.2) is 0 Å². The van der Waals surface area contributed by atoms with Crippen molar-refractivity contribution in [3.05, 3.63) is 12.2 Å². The number of hydrogen-bond acceptors (Lipinski definition) is 2. The summed E-state index contributed by atoms with van der Waals surface area (Å²) in [7, 11) is 0. The smallest absolute Gasteiger partial charge is 0.309 e. The molecular weight excluding hydrogens is 152 g/mol. The lowest BCUT2D eigenvalue weighted by Gasteiger charge is -2.09. The van der Waals surface area contributed by atoms with Gasteiger partial charge >= 0.3 is 5.97 Å². The predicted octanol–water partition coefficient (Wildman–Crippen LogP) is 2.15. The average molecular weight is 168 g/mol.